The van der Waals surface area contributed by atoms with E-state index in [0.717, 1.165) is 38.1 Å². The van der Waals surface area contributed by atoms with Crippen LogP contribution in [0.5, 0.6) is 0 Å². The monoisotopic (exact) mass is 601 g/mol. The average molecular weight is 602 g/mol. The smallest absolute Gasteiger partial charge is 0.143 e. The van der Waals surface area contributed by atoms with E-state index in [0.29, 0.717) is 27.7 Å². The highest BCUT2D eigenvalue weighted by Gasteiger charge is 2.20. The van der Waals surface area contributed by atoms with Gasteiger partial charge in [-0.05, 0) is 89.3 Å². The molecule has 0 saturated heterocycles. The van der Waals surface area contributed by atoms with Crippen LogP contribution in [0.4, 0.5) is 0 Å². The molecule has 0 saturated carbocycles. The molecule has 1 nitrogen and oxygen atoms in total. The Bertz CT molecular complexity index is 3060. The van der Waals surface area contributed by atoms with Gasteiger partial charge in [-0.1, -0.05) is 152 Å². The largest absolute Gasteiger partial charge is 0.455 e. The molecule has 0 aliphatic heterocycles. The fourth-order valence-corrected chi connectivity index (χ4v) is 7.41. The molecule has 47 heavy (non-hydrogen) atoms. The lowest BCUT2D eigenvalue weighted by Crippen LogP contribution is -1.91. The Morgan fingerprint density at radius 3 is 1.77 bits per heavy atom. The maximum Gasteiger partial charge on any atom is 0.143 e. The van der Waals surface area contributed by atoms with Crippen LogP contribution in [0.15, 0.2) is 174 Å². The molecule has 0 atom stereocenters. The standard InChI is InChI=1S/C46H28O/c1-2-13-30(14-3-1)40-28-42-41-27-31(25-26-43(41)47-46(42)39-23-11-6-18-33(39)40)44-35-19-7-9-21-37(35)45(38-22-10-8-20-36(38)44)34-24-12-16-29-15-4-5-17-32(29)34/h1-28H/i6D,11D,18D,23D,28D. The first-order valence-electron chi connectivity index (χ1n) is 18.3. The lowest BCUT2D eigenvalue weighted by Gasteiger charge is -2.18. The van der Waals surface area contributed by atoms with Crippen molar-refractivity contribution in [3.63, 3.8) is 0 Å². The summed E-state index contributed by atoms with van der Waals surface area (Å²) in [6.45, 7) is 0. The van der Waals surface area contributed by atoms with E-state index in [2.05, 4.69) is 103 Å². The third-order valence-electron chi connectivity index (χ3n) is 9.44. The topological polar surface area (TPSA) is 13.1 Å². The molecular weight excluding hydrogens is 569 g/mol. The number of furan rings is 1. The van der Waals surface area contributed by atoms with Gasteiger partial charge in [0.15, 0.2) is 0 Å². The molecule has 218 valence electrons. The van der Waals surface area contributed by atoms with E-state index >= 15 is 0 Å². The summed E-state index contributed by atoms with van der Waals surface area (Å²) in [5, 5.41) is 8.68. The van der Waals surface area contributed by atoms with Crippen LogP contribution in [0, 0.1) is 0 Å². The Labute approximate surface area is 279 Å². The number of benzene rings is 9. The summed E-state index contributed by atoms with van der Waals surface area (Å²) in [5.41, 5.74) is 6.40. The van der Waals surface area contributed by atoms with Gasteiger partial charge in [-0.25, -0.2) is 0 Å². The molecule has 0 fully saturated rings. The van der Waals surface area contributed by atoms with Gasteiger partial charge in [-0.2, -0.15) is 0 Å². The molecule has 0 N–H and O–H groups in total. The predicted octanol–water partition coefficient (Wildman–Crippen LogP) is 13.2. The molecule has 1 heteroatoms. The van der Waals surface area contributed by atoms with Crippen molar-refractivity contribution in [2.24, 2.45) is 0 Å². The van der Waals surface area contributed by atoms with Crippen molar-refractivity contribution in [1.29, 1.82) is 0 Å². The Balaban J connectivity index is 1.33. The van der Waals surface area contributed by atoms with Crippen LogP contribution < -0.4 is 0 Å². The third kappa shape index (κ3) is 3.90. The summed E-state index contributed by atoms with van der Waals surface area (Å²) in [6.07, 6.45) is 0. The molecular formula is C46H28O. The second kappa shape index (κ2) is 10.2. The number of fused-ring (bicyclic) bond motifs is 8. The quantitative estimate of drug-likeness (QED) is 0.184. The van der Waals surface area contributed by atoms with Crippen molar-refractivity contribution >= 4 is 65.0 Å². The Hall–Kier alpha value is -6.18. The number of rotatable bonds is 3. The van der Waals surface area contributed by atoms with Gasteiger partial charge < -0.3 is 4.42 Å². The van der Waals surface area contributed by atoms with Gasteiger partial charge in [0, 0.05) is 16.2 Å². The Morgan fingerprint density at radius 1 is 0.404 bits per heavy atom. The van der Waals surface area contributed by atoms with Crippen LogP contribution in [0.3, 0.4) is 0 Å². The SMILES string of the molecule is [2H]c1c([2H])c([2H])c2c(c1[2H])c(-c1ccccc1)c([2H])c1c3cc(-c4c5ccccc5c(-c5cccc6ccccc56)c5ccccc45)ccc3oc21. The fourth-order valence-electron chi connectivity index (χ4n) is 7.41. The second-order valence-electron chi connectivity index (χ2n) is 12.0. The van der Waals surface area contributed by atoms with E-state index in [1.54, 1.807) is 0 Å². The first kappa shape index (κ1) is 21.5. The zero-order valence-corrected chi connectivity index (χ0v) is 25.2. The molecule has 10 aromatic rings. The van der Waals surface area contributed by atoms with E-state index in [1.165, 1.54) is 21.9 Å². The zero-order chi connectivity index (χ0) is 35.2. The van der Waals surface area contributed by atoms with Crippen molar-refractivity contribution in [3.05, 3.63) is 170 Å². The molecule has 0 bridgehead atoms. The molecule has 9 aromatic carbocycles. The summed E-state index contributed by atoms with van der Waals surface area (Å²) in [5.74, 6) is 0. The molecule has 0 spiro atoms. The molecule has 10 rings (SSSR count). The molecule has 0 unspecified atom stereocenters. The lowest BCUT2D eigenvalue weighted by atomic mass is 9.84. The number of hydrogen-bond acceptors (Lipinski definition) is 1. The van der Waals surface area contributed by atoms with Gasteiger partial charge in [-0.15, -0.1) is 0 Å². The molecule has 0 aliphatic carbocycles. The zero-order valence-electron chi connectivity index (χ0n) is 30.2. The minimum absolute atomic E-state index is 0.163. The van der Waals surface area contributed by atoms with Crippen molar-refractivity contribution < 1.29 is 11.3 Å². The summed E-state index contributed by atoms with van der Waals surface area (Å²) in [6, 6.07) is 46.6. The minimum Gasteiger partial charge on any atom is -0.455 e. The molecule has 1 aromatic heterocycles. The highest BCUT2D eigenvalue weighted by Crippen LogP contribution is 2.47. The van der Waals surface area contributed by atoms with Gasteiger partial charge in [0.05, 0.1) is 6.85 Å². The van der Waals surface area contributed by atoms with E-state index in [9.17, 15) is 1.37 Å². The van der Waals surface area contributed by atoms with Gasteiger partial charge in [0.25, 0.3) is 0 Å². The predicted molar refractivity (Wildman–Crippen MR) is 200 cm³/mol. The molecule has 0 radical (unpaired) electrons. The van der Waals surface area contributed by atoms with E-state index in [-0.39, 0.29) is 41.0 Å². The average Bonchev–Trinajstić information content (AvgIpc) is 3.57. The normalized spacial score (nSPS) is 13.3. The summed E-state index contributed by atoms with van der Waals surface area (Å²) < 4.78 is 51.1. The molecule has 0 amide bonds. The minimum atomic E-state index is -0.336. The van der Waals surface area contributed by atoms with E-state index in [1.807, 2.05) is 36.4 Å². The Morgan fingerprint density at radius 2 is 1.02 bits per heavy atom. The van der Waals surface area contributed by atoms with E-state index < -0.39 is 0 Å². The van der Waals surface area contributed by atoms with Crippen molar-refractivity contribution in [2.45, 2.75) is 0 Å². The maximum absolute atomic E-state index is 9.66. The summed E-state index contributed by atoms with van der Waals surface area (Å²) in [4.78, 5) is 0. The van der Waals surface area contributed by atoms with Crippen LogP contribution in [0.2, 0.25) is 0 Å². The van der Waals surface area contributed by atoms with Gasteiger partial charge in [0.2, 0.25) is 0 Å². The van der Waals surface area contributed by atoms with Gasteiger partial charge >= 0.3 is 0 Å². The third-order valence-corrected chi connectivity index (χ3v) is 9.44. The fraction of sp³-hybridized carbons (Fsp3) is 0. The summed E-state index contributed by atoms with van der Waals surface area (Å²) in [7, 11) is 0. The van der Waals surface area contributed by atoms with Crippen LogP contribution in [0.25, 0.3) is 98.4 Å². The number of hydrogen-bond donors (Lipinski definition) is 0. The maximum atomic E-state index is 9.66. The van der Waals surface area contributed by atoms with E-state index in [4.69, 9.17) is 9.90 Å². The van der Waals surface area contributed by atoms with Gasteiger partial charge in [0.1, 0.15) is 11.2 Å². The first-order valence-corrected chi connectivity index (χ1v) is 15.8. The van der Waals surface area contributed by atoms with Crippen LogP contribution in [-0.4, -0.2) is 0 Å². The van der Waals surface area contributed by atoms with Crippen LogP contribution >= 0.6 is 0 Å². The van der Waals surface area contributed by atoms with Crippen molar-refractivity contribution in [2.75, 3.05) is 0 Å². The Kier molecular flexibility index (Phi) is 4.66. The second-order valence-corrected chi connectivity index (χ2v) is 12.0. The molecule has 1 heterocycles. The highest BCUT2D eigenvalue weighted by molar-refractivity contribution is 6.25. The summed E-state index contributed by atoms with van der Waals surface area (Å²) >= 11 is 0. The lowest BCUT2D eigenvalue weighted by molar-refractivity contribution is 0.673. The highest BCUT2D eigenvalue weighted by atomic mass is 16.3. The van der Waals surface area contributed by atoms with Crippen molar-refractivity contribution in [1.82, 2.24) is 0 Å². The van der Waals surface area contributed by atoms with Crippen LogP contribution in [0.1, 0.15) is 6.85 Å². The van der Waals surface area contributed by atoms with Crippen LogP contribution in [-0.2, 0) is 0 Å². The van der Waals surface area contributed by atoms with Crippen molar-refractivity contribution in [3.8, 4) is 33.4 Å². The first-order chi connectivity index (χ1) is 25.4. The van der Waals surface area contributed by atoms with Gasteiger partial charge in [-0.3, -0.25) is 0 Å². The molecule has 0 aliphatic rings.